The summed E-state index contributed by atoms with van der Waals surface area (Å²) in [6.45, 7) is 0. The fourth-order valence-corrected chi connectivity index (χ4v) is 0.884. The molecule has 0 aliphatic carbocycles. The van der Waals surface area contributed by atoms with Crippen molar-refractivity contribution in [1.29, 1.82) is 0 Å². The van der Waals surface area contributed by atoms with E-state index in [1.54, 1.807) is 12.4 Å². The van der Waals surface area contributed by atoms with Crippen LogP contribution in [0.1, 0.15) is 12.2 Å². The molecule has 0 aliphatic rings. The molecule has 0 aliphatic heterocycles. The van der Waals surface area contributed by atoms with E-state index in [1.165, 1.54) is 0 Å². The van der Waals surface area contributed by atoms with Crippen molar-refractivity contribution < 1.29 is 0 Å². The molecule has 0 saturated heterocycles. The lowest BCUT2D eigenvalue weighted by Crippen LogP contribution is -1.84. The van der Waals surface area contributed by atoms with Gasteiger partial charge in [-0.15, -0.1) is 11.6 Å². The first-order valence-corrected chi connectivity index (χ1v) is 4.44. The smallest absolute Gasteiger partial charge is 0.151 e. The van der Waals surface area contributed by atoms with Crippen LogP contribution in [0.4, 0.5) is 0 Å². The molecule has 4 heteroatoms. The molecule has 1 heterocycles. The average molecular weight is 203 g/mol. The van der Waals surface area contributed by atoms with Crippen LogP contribution in [0.3, 0.4) is 0 Å². The molecule has 0 bridgehead atoms. The Balaban J connectivity index is 2.58. The normalized spacial score (nSPS) is 10.8. The van der Waals surface area contributed by atoms with Crippen molar-refractivity contribution in [2.24, 2.45) is 0 Å². The van der Waals surface area contributed by atoms with Gasteiger partial charge in [0.15, 0.2) is 5.82 Å². The summed E-state index contributed by atoms with van der Waals surface area (Å²) >= 11 is 11.1. The van der Waals surface area contributed by atoms with Crippen molar-refractivity contribution in [3.63, 3.8) is 0 Å². The highest BCUT2D eigenvalue weighted by Gasteiger charge is 1.89. The van der Waals surface area contributed by atoms with Crippen LogP contribution in [-0.2, 0) is 0 Å². The summed E-state index contributed by atoms with van der Waals surface area (Å²) in [5, 5.41) is 0.546. The third kappa shape index (κ3) is 3.20. The fraction of sp³-hybridized carbons (Fsp3) is 0.250. The number of alkyl halides is 1. The third-order valence-corrected chi connectivity index (χ3v) is 1.60. The van der Waals surface area contributed by atoms with Crippen LogP contribution in [0.5, 0.6) is 0 Å². The number of hydrogen-bond acceptors (Lipinski definition) is 2. The molecular weight excluding hydrogens is 195 g/mol. The zero-order chi connectivity index (χ0) is 8.81. The quantitative estimate of drug-likeness (QED) is 0.706. The van der Waals surface area contributed by atoms with Crippen molar-refractivity contribution in [3.8, 4) is 0 Å². The largest absolute Gasteiger partial charge is 0.236 e. The van der Waals surface area contributed by atoms with Gasteiger partial charge >= 0.3 is 0 Å². The summed E-state index contributed by atoms with van der Waals surface area (Å²) in [5.74, 6) is 1.27. The Morgan fingerprint density at radius 2 is 2.00 bits per heavy atom. The Bertz CT molecular complexity index is 256. The molecule has 2 nitrogen and oxygen atoms in total. The minimum atomic E-state index is 0.546. The number of aromatic nitrogens is 2. The van der Waals surface area contributed by atoms with Gasteiger partial charge in [-0.05, 0) is 12.5 Å². The third-order valence-electron chi connectivity index (χ3n) is 1.18. The van der Waals surface area contributed by atoms with E-state index in [1.807, 2.05) is 12.2 Å². The van der Waals surface area contributed by atoms with Gasteiger partial charge in [0, 0.05) is 18.3 Å². The highest BCUT2D eigenvalue weighted by Crippen LogP contribution is 2.03. The maximum Gasteiger partial charge on any atom is 0.151 e. The first-order chi connectivity index (χ1) is 5.83. The monoisotopic (exact) mass is 202 g/mol. The van der Waals surface area contributed by atoms with E-state index in [0.29, 0.717) is 16.7 Å². The van der Waals surface area contributed by atoms with E-state index in [4.69, 9.17) is 23.2 Å². The van der Waals surface area contributed by atoms with Gasteiger partial charge in [0.2, 0.25) is 0 Å². The van der Waals surface area contributed by atoms with E-state index >= 15 is 0 Å². The van der Waals surface area contributed by atoms with E-state index < -0.39 is 0 Å². The number of hydrogen-bond donors (Lipinski definition) is 0. The molecule has 0 atom stereocenters. The van der Waals surface area contributed by atoms with Gasteiger partial charge in [-0.1, -0.05) is 17.7 Å². The Hall–Kier alpha value is -0.600. The van der Waals surface area contributed by atoms with Crippen LogP contribution in [0.25, 0.3) is 6.08 Å². The van der Waals surface area contributed by atoms with Crippen LogP contribution in [0.2, 0.25) is 5.02 Å². The van der Waals surface area contributed by atoms with E-state index in [9.17, 15) is 0 Å². The van der Waals surface area contributed by atoms with Crippen LogP contribution in [0.15, 0.2) is 18.5 Å². The summed E-state index contributed by atoms with van der Waals surface area (Å²) in [6.07, 6.45) is 7.70. The second kappa shape index (κ2) is 5.12. The van der Waals surface area contributed by atoms with Gasteiger partial charge in [-0.25, -0.2) is 9.97 Å². The Morgan fingerprint density at radius 3 is 2.58 bits per heavy atom. The van der Waals surface area contributed by atoms with Crippen LogP contribution in [-0.4, -0.2) is 15.8 Å². The first-order valence-electron chi connectivity index (χ1n) is 3.53. The van der Waals surface area contributed by atoms with Crippen LogP contribution in [0, 0.1) is 0 Å². The summed E-state index contributed by atoms with van der Waals surface area (Å²) in [4.78, 5) is 7.95. The molecule has 1 aromatic heterocycles. The molecule has 64 valence electrons. The van der Waals surface area contributed by atoms with Crippen molar-refractivity contribution in [2.75, 3.05) is 5.88 Å². The summed E-state index contributed by atoms with van der Waals surface area (Å²) in [7, 11) is 0. The van der Waals surface area contributed by atoms with Crippen molar-refractivity contribution >= 4 is 29.3 Å². The molecule has 12 heavy (non-hydrogen) atoms. The summed E-state index contributed by atoms with van der Waals surface area (Å²) in [6, 6.07) is 0. The fourth-order valence-electron chi connectivity index (χ4n) is 0.660. The molecule has 0 saturated carbocycles. The molecule has 0 amide bonds. The molecule has 1 rings (SSSR count). The Labute approximate surface area is 81.2 Å². The predicted molar refractivity (Wildman–Crippen MR) is 51.4 cm³/mol. The van der Waals surface area contributed by atoms with Gasteiger partial charge < -0.3 is 0 Å². The van der Waals surface area contributed by atoms with Gasteiger partial charge in [0.1, 0.15) is 0 Å². The first kappa shape index (κ1) is 9.49. The minimum Gasteiger partial charge on any atom is -0.236 e. The average Bonchev–Trinajstić information content (AvgIpc) is 2.09. The van der Waals surface area contributed by atoms with Crippen molar-refractivity contribution in [3.05, 3.63) is 29.3 Å². The molecule has 1 aromatic rings. The van der Waals surface area contributed by atoms with E-state index in [2.05, 4.69) is 9.97 Å². The van der Waals surface area contributed by atoms with Gasteiger partial charge in [-0.3, -0.25) is 0 Å². The topological polar surface area (TPSA) is 25.8 Å². The van der Waals surface area contributed by atoms with Crippen LogP contribution >= 0.6 is 23.2 Å². The van der Waals surface area contributed by atoms with E-state index in [-0.39, 0.29) is 0 Å². The number of rotatable bonds is 3. The molecule has 0 N–H and O–H groups in total. The maximum absolute atomic E-state index is 5.60. The summed E-state index contributed by atoms with van der Waals surface area (Å²) in [5.41, 5.74) is 0. The van der Waals surface area contributed by atoms with Crippen molar-refractivity contribution in [2.45, 2.75) is 6.42 Å². The second-order valence-corrected chi connectivity index (χ2v) is 2.95. The van der Waals surface area contributed by atoms with Crippen molar-refractivity contribution in [1.82, 2.24) is 9.97 Å². The second-order valence-electron chi connectivity index (χ2n) is 2.14. The molecule has 0 radical (unpaired) electrons. The molecule has 0 spiro atoms. The zero-order valence-electron chi connectivity index (χ0n) is 6.37. The highest BCUT2D eigenvalue weighted by molar-refractivity contribution is 6.30. The number of halogens is 2. The Kier molecular flexibility index (Phi) is 4.05. The van der Waals surface area contributed by atoms with Gasteiger partial charge in [0.25, 0.3) is 0 Å². The van der Waals surface area contributed by atoms with Crippen LogP contribution < -0.4 is 0 Å². The van der Waals surface area contributed by atoms with Gasteiger partial charge in [0.05, 0.1) is 5.02 Å². The van der Waals surface area contributed by atoms with Gasteiger partial charge in [-0.2, -0.15) is 0 Å². The lowest BCUT2D eigenvalue weighted by molar-refractivity contribution is 1.13. The minimum absolute atomic E-state index is 0.546. The highest BCUT2D eigenvalue weighted by atomic mass is 35.5. The SMILES string of the molecule is ClCCC=Cc1ncc(Cl)cn1. The predicted octanol–water partition coefficient (Wildman–Crippen LogP) is 2.77. The Morgan fingerprint density at radius 1 is 1.33 bits per heavy atom. The number of allylic oxidation sites excluding steroid dienone is 1. The lowest BCUT2D eigenvalue weighted by atomic mass is 10.4. The van der Waals surface area contributed by atoms with E-state index in [0.717, 1.165) is 6.42 Å². The summed E-state index contributed by atoms with van der Waals surface area (Å²) < 4.78 is 0. The molecule has 0 unspecified atom stereocenters. The lowest BCUT2D eigenvalue weighted by Gasteiger charge is -1.90. The number of nitrogens with zero attached hydrogens (tertiary/aromatic N) is 2. The maximum atomic E-state index is 5.60. The zero-order valence-corrected chi connectivity index (χ0v) is 7.89. The molecular formula is C8H8Cl2N2. The molecule has 0 fully saturated rings. The molecule has 0 aromatic carbocycles. The standard InChI is InChI=1S/C8H8Cl2N2/c9-4-2-1-3-8-11-5-7(10)6-12-8/h1,3,5-6H,2,4H2.